The van der Waals surface area contributed by atoms with Gasteiger partial charge in [0.15, 0.2) is 0 Å². The van der Waals surface area contributed by atoms with E-state index in [1.165, 1.54) is 5.56 Å². The number of anilines is 1. The number of nitrogens with two attached hydrogens (primary N) is 2. The number of carbonyl (C=O) groups excluding carboxylic acids is 1. The summed E-state index contributed by atoms with van der Waals surface area (Å²) in [6, 6.07) is 5.85. The van der Waals surface area contributed by atoms with E-state index in [9.17, 15) is 4.79 Å². The second-order valence-corrected chi connectivity index (χ2v) is 4.18. The van der Waals surface area contributed by atoms with Crippen molar-refractivity contribution < 1.29 is 4.79 Å². The third-order valence-corrected chi connectivity index (χ3v) is 3.13. The molecule has 0 radical (unpaired) electrons. The zero-order valence-electron chi connectivity index (χ0n) is 9.44. The molecule has 16 heavy (non-hydrogen) atoms. The van der Waals surface area contributed by atoms with Gasteiger partial charge >= 0.3 is 0 Å². The lowest BCUT2D eigenvalue weighted by Gasteiger charge is -2.26. The molecule has 2 rings (SSSR count). The molecule has 1 unspecified atom stereocenters. The highest BCUT2D eigenvalue weighted by Crippen LogP contribution is 2.28. The predicted molar refractivity (Wildman–Crippen MR) is 64.2 cm³/mol. The first-order valence-electron chi connectivity index (χ1n) is 5.48. The first kappa shape index (κ1) is 11.1. The van der Waals surface area contributed by atoms with E-state index in [1.54, 1.807) is 4.90 Å². The molecule has 0 bridgehead atoms. The summed E-state index contributed by atoms with van der Waals surface area (Å²) in [6.45, 7) is 0.438. The Hall–Kier alpha value is -1.39. The highest BCUT2D eigenvalue weighted by Gasteiger charge is 2.21. The molecule has 4 heteroatoms. The lowest BCUT2D eigenvalue weighted by Crippen LogP contribution is -2.31. The van der Waals surface area contributed by atoms with E-state index in [-0.39, 0.29) is 11.9 Å². The van der Waals surface area contributed by atoms with Crippen LogP contribution >= 0.6 is 0 Å². The van der Waals surface area contributed by atoms with Gasteiger partial charge in [-0.2, -0.15) is 0 Å². The van der Waals surface area contributed by atoms with Crippen LogP contribution in [0, 0.1) is 0 Å². The molecule has 4 nitrogen and oxygen atoms in total. The van der Waals surface area contributed by atoms with Crippen LogP contribution in [0.3, 0.4) is 0 Å². The fourth-order valence-corrected chi connectivity index (χ4v) is 2.04. The summed E-state index contributed by atoms with van der Waals surface area (Å²) in [5, 5.41) is 0. The first-order chi connectivity index (χ1) is 7.63. The van der Waals surface area contributed by atoms with Crippen molar-refractivity contribution in [2.24, 2.45) is 11.5 Å². The quantitative estimate of drug-likeness (QED) is 0.763. The average molecular weight is 219 g/mol. The Kier molecular flexibility index (Phi) is 2.94. The van der Waals surface area contributed by atoms with Gasteiger partial charge in [0.25, 0.3) is 0 Å². The molecule has 0 aliphatic carbocycles. The molecule has 4 N–H and O–H groups in total. The molecule has 1 amide bonds. The Morgan fingerprint density at radius 1 is 1.44 bits per heavy atom. The number of carbonyl (C=O) groups is 1. The predicted octanol–water partition coefficient (Wildman–Crippen LogP) is 0.554. The number of fused-ring (bicyclic) bond motifs is 1. The molecule has 86 valence electrons. The Morgan fingerprint density at radius 3 is 2.88 bits per heavy atom. The van der Waals surface area contributed by atoms with Crippen LogP contribution in [-0.4, -0.2) is 19.5 Å². The Bertz CT molecular complexity index is 417. The number of hydrogen-bond acceptors (Lipinski definition) is 3. The number of benzene rings is 1. The minimum absolute atomic E-state index is 0.117. The average Bonchev–Trinajstić information content (AvgIpc) is 2.32. The summed E-state index contributed by atoms with van der Waals surface area (Å²) >= 11 is 0. The van der Waals surface area contributed by atoms with Crippen LogP contribution in [0.1, 0.15) is 23.6 Å². The molecule has 1 aromatic rings. The van der Waals surface area contributed by atoms with Gasteiger partial charge in [0.2, 0.25) is 5.91 Å². The number of nitrogens with zero attached hydrogens (tertiary/aromatic N) is 1. The van der Waals surface area contributed by atoms with Gasteiger partial charge in [0.1, 0.15) is 0 Å². The van der Waals surface area contributed by atoms with E-state index in [0.29, 0.717) is 13.0 Å². The molecule has 1 heterocycles. The minimum atomic E-state index is -0.117. The number of aryl methyl sites for hydroxylation is 1. The highest BCUT2D eigenvalue weighted by atomic mass is 16.2. The first-order valence-corrected chi connectivity index (χ1v) is 5.48. The maximum atomic E-state index is 11.5. The Labute approximate surface area is 95.2 Å². The zero-order chi connectivity index (χ0) is 11.7. The van der Waals surface area contributed by atoms with Gasteiger partial charge < -0.3 is 16.4 Å². The van der Waals surface area contributed by atoms with Crippen molar-refractivity contribution >= 4 is 11.6 Å². The molecule has 0 fully saturated rings. The summed E-state index contributed by atoms with van der Waals surface area (Å²) in [5.41, 5.74) is 14.6. The van der Waals surface area contributed by atoms with Crippen molar-refractivity contribution in [1.29, 1.82) is 0 Å². The van der Waals surface area contributed by atoms with Crippen molar-refractivity contribution in [1.82, 2.24) is 0 Å². The summed E-state index contributed by atoms with van der Waals surface area (Å²) in [4.78, 5) is 13.2. The van der Waals surface area contributed by atoms with Crippen molar-refractivity contribution in [2.75, 3.05) is 18.5 Å². The number of amides is 1. The number of hydrogen-bond donors (Lipinski definition) is 2. The van der Waals surface area contributed by atoms with Crippen LogP contribution in [0.15, 0.2) is 18.2 Å². The fraction of sp³-hybridized carbons (Fsp3) is 0.417. The van der Waals surface area contributed by atoms with Crippen molar-refractivity contribution in [3.8, 4) is 0 Å². The lowest BCUT2D eigenvalue weighted by molar-refractivity contribution is -0.118. The molecule has 0 saturated heterocycles. The van der Waals surface area contributed by atoms with Gasteiger partial charge in [-0.25, -0.2) is 0 Å². The van der Waals surface area contributed by atoms with Gasteiger partial charge in [-0.1, -0.05) is 12.1 Å². The molecule has 1 aromatic carbocycles. The Morgan fingerprint density at radius 2 is 2.19 bits per heavy atom. The maximum absolute atomic E-state index is 11.5. The summed E-state index contributed by atoms with van der Waals surface area (Å²) in [5.74, 6) is 0.170. The van der Waals surface area contributed by atoms with E-state index in [0.717, 1.165) is 17.7 Å². The Balaban J connectivity index is 2.37. The number of rotatable bonds is 2. The van der Waals surface area contributed by atoms with Crippen molar-refractivity contribution in [3.05, 3.63) is 29.3 Å². The molecule has 0 aromatic heterocycles. The molecule has 0 spiro atoms. The normalized spacial score (nSPS) is 17.2. The molecule has 1 atom stereocenters. The van der Waals surface area contributed by atoms with E-state index in [2.05, 4.69) is 6.07 Å². The van der Waals surface area contributed by atoms with Crippen molar-refractivity contribution in [2.45, 2.75) is 18.9 Å². The molecule has 1 aliphatic rings. The van der Waals surface area contributed by atoms with Crippen LogP contribution in [0.2, 0.25) is 0 Å². The second-order valence-electron chi connectivity index (χ2n) is 4.18. The monoisotopic (exact) mass is 219 g/mol. The SMILES string of the molecule is CN1C(=O)CCc2cc(C(N)CN)ccc21. The van der Waals surface area contributed by atoms with Gasteiger partial charge in [-0.3, -0.25) is 4.79 Å². The third kappa shape index (κ3) is 1.81. The fourth-order valence-electron chi connectivity index (χ4n) is 2.04. The van der Waals surface area contributed by atoms with Gasteiger partial charge in [0.05, 0.1) is 0 Å². The molecular formula is C12H17N3O. The topological polar surface area (TPSA) is 72.3 Å². The van der Waals surface area contributed by atoms with Crippen LogP contribution in [0.5, 0.6) is 0 Å². The van der Waals surface area contributed by atoms with Gasteiger partial charge in [-0.15, -0.1) is 0 Å². The molecular weight excluding hydrogens is 202 g/mol. The van der Waals surface area contributed by atoms with Gasteiger partial charge in [-0.05, 0) is 23.6 Å². The van der Waals surface area contributed by atoms with Gasteiger partial charge in [0, 0.05) is 31.7 Å². The van der Waals surface area contributed by atoms with E-state index in [4.69, 9.17) is 11.5 Å². The van der Waals surface area contributed by atoms with Crippen LogP contribution < -0.4 is 16.4 Å². The molecule has 0 saturated carbocycles. The third-order valence-electron chi connectivity index (χ3n) is 3.13. The van der Waals surface area contributed by atoms with E-state index >= 15 is 0 Å². The second kappa shape index (κ2) is 4.23. The zero-order valence-corrected chi connectivity index (χ0v) is 9.44. The highest BCUT2D eigenvalue weighted by molar-refractivity contribution is 5.95. The summed E-state index contributed by atoms with van der Waals surface area (Å²) in [6.07, 6.45) is 1.37. The standard InChI is InChI=1S/C12H17N3O/c1-15-11-4-2-8(10(14)7-13)6-9(11)3-5-12(15)16/h2,4,6,10H,3,5,7,13-14H2,1H3. The summed E-state index contributed by atoms with van der Waals surface area (Å²) < 4.78 is 0. The van der Waals surface area contributed by atoms with Crippen LogP contribution in [-0.2, 0) is 11.2 Å². The van der Waals surface area contributed by atoms with E-state index in [1.807, 2.05) is 19.2 Å². The molecule has 1 aliphatic heterocycles. The maximum Gasteiger partial charge on any atom is 0.227 e. The van der Waals surface area contributed by atoms with Crippen LogP contribution in [0.25, 0.3) is 0 Å². The summed E-state index contributed by atoms with van der Waals surface area (Å²) in [7, 11) is 1.81. The van der Waals surface area contributed by atoms with Crippen molar-refractivity contribution in [3.63, 3.8) is 0 Å². The van der Waals surface area contributed by atoms with E-state index < -0.39 is 0 Å². The van der Waals surface area contributed by atoms with Crippen LogP contribution in [0.4, 0.5) is 5.69 Å². The lowest BCUT2D eigenvalue weighted by atomic mass is 9.96. The minimum Gasteiger partial charge on any atom is -0.329 e. The largest absolute Gasteiger partial charge is 0.329 e. The smallest absolute Gasteiger partial charge is 0.227 e.